The number of aryl methyl sites for hydroxylation is 1. The zero-order chi connectivity index (χ0) is 14.9. The van der Waals surface area contributed by atoms with Crippen LogP contribution in [0.4, 0.5) is 0 Å². The van der Waals surface area contributed by atoms with Crippen LogP contribution < -0.4 is 10.9 Å². The van der Waals surface area contributed by atoms with Crippen LogP contribution in [0.5, 0.6) is 0 Å². The molecule has 0 saturated carbocycles. The minimum absolute atomic E-state index is 0.166. The van der Waals surface area contributed by atoms with Gasteiger partial charge >= 0.3 is 0 Å². The van der Waals surface area contributed by atoms with Crippen LogP contribution in [0.2, 0.25) is 0 Å². The largest absolute Gasteiger partial charge is 0.388 e. The van der Waals surface area contributed by atoms with Gasteiger partial charge in [-0.3, -0.25) is 9.59 Å². The van der Waals surface area contributed by atoms with Crippen molar-refractivity contribution in [2.45, 2.75) is 32.8 Å². The van der Waals surface area contributed by atoms with Crippen LogP contribution in [0.25, 0.3) is 10.2 Å². The number of H-pyrrole nitrogens is 1. The third-order valence-corrected chi connectivity index (χ3v) is 4.53. The Hall–Kier alpha value is -1.73. The second kappa shape index (κ2) is 5.34. The number of rotatable bonds is 4. The number of nitrogens with zero attached hydrogens (tertiary/aromatic N) is 1. The number of fused-ring (bicyclic) bond motifs is 1. The van der Waals surface area contributed by atoms with Crippen LogP contribution in [0.1, 0.15) is 35.5 Å². The maximum atomic E-state index is 12.2. The summed E-state index contributed by atoms with van der Waals surface area (Å²) in [5, 5.41) is 13.0. The molecule has 1 atom stereocenters. The topological polar surface area (TPSA) is 95.1 Å². The maximum Gasteiger partial charge on any atom is 0.261 e. The standard InChI is InChI=1S/C13H17N3O3S/c1-4-13(3,19)5-14-11(18)9-7(2)8-10(17)15-6-16-12(8)20-9/h6,19H,4-5H2,1-3H3,(H,14,18)(H,15,16,17). The van der Waals surface area contributed by atoms with Gasteiger partial charge in [0.15, 0.2) is 0 Å². The molecule has 0 spiro atoms. The van der Waals surface area contributed by atoms with E-state index < -0.39 is 5.60 Å². The Morgan fingerprint density at radius 1 is 1.60 bits per heavy atom. The van der Waals surface area contributed by atoms with E-state index in [0.29, 0.717) is 27.1 Å². The molecule has 1 unspecified atom stereocenters. The van der Waals surface area contributed by atoms with Gasteiger partial charge in [0.1, 0.15) is 4.83 Å². The fourth-order valence-corrected chi connectivity index (χ4v) is 2.84. The van der Waals surface area contributed by atoms with Gasteiger partial charge in [-0.25, -0.2) is 4.98 Å². The van der Waals surface area contributed by atoms with E-state index in [1.54, 1.807) is 13.8 Å². The molecule has 2 aromatic rings. The van der Waals surface area contributed by atoms with Gasteiger partial charge in [0, 0.05) is 6.54 Å². The molecule has 0 saturated heterocycles. The number of amides is 1. The summed E-state index contributed by atoms with van der Waals surface area (Å²) in [6.45, 7) is 5.40. The highest BCUT2D eigenvalue weighted by Crippen LogP contribution is 2.26. The fourth-order valence-electron chi connectivity index (χ4n) is 1.77. The van der Waals surface area contributed by atoms with Crippen molar-refractivity contribution < 1.29 is 9.90 Å². The molecule has 0 bridgehead atoms. The van der Waals surface area contributed by atoms with Crippen LogP contribution in [-0.2, 0) is 0 Å². The molecule has 108 valence electrons. The molecule has 0 aromatic carbocycles. The lowest BCUT2D eigenvalue weighted by molar-refractivity contribution is 0.0519. The number of carbonyl (C=O) groups is 1. The van der Waals surface area contributed by atoms with Gasteiger partial charge in [0.2, 0.25) is 0 Å². The summed E-state index contributed by atoms with van der Waals surface area (Å²) in [5.74, 6) is -0.293. The van der Waals surface area contributed by atoms with Crippen molar-refractivity contribution >= 4 is 27.5 Å². The first-order chi connectivity index (χ1) is 9.35. The van der Waals surface area contributed by atoms with E-state index in [0.717, 1.165) is 0 Å². The average Bonchev–Trinajstić information content (AvgIpc) is 2.75. The summed E-state index contributed by atoms with van der Waals surface area (Å²) in [5.41, 5.74) is -0.563. The minimum atomic E-state index is -0.935. The van der Waals surface area contributed by atoms with Gasteiger partial charge in [0.05, 0.1) is 22.2 Å². The van der Waals surface area contributed by atoms with Crippen molar-refractivity contribution in [3.63, 3.8) is 0 Å². The summed E-state index contributed by atoms with van der Waals surface area (Å²) in [6.07, 6.45) is 1.87. The monoisotopic (exact) mass is 295 g/mol. The summed E-state index contributed by atoms with van der Waals surface area (Å²) < 4.78 is 0. The number of thiophene rings is 1. The zero-order valence-corrected chi connectivity index (χ0v) is 12.4. The summed E-state index contributed by atoms with van der Waals surface area (Å²) in [4.78, 5) is 31.5. The third-order valence-electron chi connectivity index (χ3n) is 3.33. The number of hydrogen-bond acceptors (Lipinski definition) is 5. The fraction of sp³-hybridized carbons (Fsp3) is 0.462. The van der Waals surface area contributed by atoms with E-state index in [2.05, 4.69) is 15.3 Å². The van der Waals surface area contributed by atoms with Crippen molar-refractivity contribution in [1.29, 1.82) is 0 Å². The van der Waals surface area contributed by atoms with Crippen molar-refractivity contribution in [2.75, 3.05) is 6.54 Å². The van der Waals surface area contributed by atoms with Crippen LogP contribution in [-0.4, -0.2) is 33.1 Å². The first-order valence-corrected chi connectivity index (χ1v) is 7.14. The Morgan fingerprint density at radius 3 is 2.90 bits per heavy atom. The Labute approximate surface area is 119 Å². The number of hydrogen-bond donors (Lipinski definition) is 3. The molecule has 3 N–H and O–H groups in total. The van der Waals surface area contributed by atoms with E-state index in [-0.39, 0.29) is 18.0 Å². The second-order valence-corrected chi connectivity index (χ2v) is 6.00. The highest BCUT2D eigenvalue weighted by atomic mass is 32.1. The average molecular weight is 295 g/mol. The SMILES string of the molecule is CCC(C)(O)CNC(=O)c1sc2nc[nH]c(=O)c2c1C. The van der Waals surface area contributed by atoms with Crippen molar-refractivity contribution in [2.24, 2.45) is 0 Å². The summed E-state index contributed by atoms with van der Waals surface area (Å²) in [6, 6.07) is 0. The van der Waals surface area contributed by atoms with Gasteiger partial charge < -0.3 is 15.4 Å². The molecule has 0 aliphatic rings. The van der Waals surface area contributed by atoms with Gasteiger partial charge in [-0.15, -0.1) is 11.3 Å². The van der Waals surface area contributed by atoms with Crippen LogP contribution >= 0.6 is 11.3 Å². The first kappa shape index (κ1) is 14.7. The van der Waals surface area contributed by atoms with Gasteiger partial charge in [-0.1, -0.05) is 6.92 Å². The minimum Gasteiger partial charge on any atom is -0.388 e. The number of aromatic amines is 1. The molecule has 2 heterocycles. The predicted octanol–water partition coefficient (Wildman–Crippen LogP) is 1.18. The smallest absolute Gasteiger partial charge is 0.261 e. The summed E-state index contributed by atoms with van der Waals surface area (Å²) >= 11 is 1.18. The molecule has 7 heteroatoms. The lowest BCUT2D eigenvalue weighted by atomic mass is 10.0. The Balaban J connectivity index is 2.30. The highest BCUT2D eigenvalue weighted by Gasteiger charge is 2.22. The van der Waals surface area contributed by atoms with Crippen LogP contribution in [0.3, 0.4) is 0 Å². The van der Waals surface area contributed by atoms with E-state index in [1.165, 1.54) is 17.7 Å². The molecule has 2 rings (SSSR count). The normalized spacial score (nSPS) is 14.2. The first-order valence-electron chi connectivity index (χ1n) is 6.33. The van der Waals surface area contributed by atoms with Crippen molar-refractivity contribution in [1.82, 2.24) is 15.3 Å². The zero-order valence-electron chi connectivity index (χ0n) is 11.6. The highest BCUT2D eigenvalue weighted by molar-refractivity contribution is 7.20. The number of aliphatic hydroxyl groups is 1. The molecule has 6 nitrogen and oxygen atoms in total. The van der Waals surface area contributed by atoms with Crippen LogP contribution in [0, 0.1) is 6.92 Å². The number of nitrogens with one attached hydrogen (secondary N) is 2. The molecule has 0 fully saturated rings. The molecule has 2 aromatic heterocycles. The molecule has 1 amide bonds. The van der Waals surface area contributed by atoms with E-state index >= 15 is 0 Å². The quantitative estimate of drug-likeness (QED) is 0.789. The second-order valence-electron chi connectivity index (χ2n) is 5.00. The molecular formula is C13H17N3O3S. The van der Waals surface area contributed by atoms with Gasteiger partial charge in [-0.05, 0) is 25.8 Å². The Morgan fingerprint density at radius 2 is 2.30 bits per heavy atom. The number of aromatic nitrogens is 2. The third kappa shape index (κ3) is 2.73. The lowest BCUT2D eigenvalue weighted by Crippen LogP contribution is -2.40. The molecule has 0 aliphatic heterocycles. The maximum absolute atomic E-state index is 12.2. The molecule has 0 radical (unpaired) electrons. The molecular weight excluding hydrogens is 278 g/mol. The van der Waals surface area contributed by atoms with Crippen molar-refractivity contribution in [3.8, 4) is 0 Å². The number of carbonyl (C=O) groups excluding carboxylic acids is 1. The van der Waals surface area contributed by atoms with Gasteiger partial charge in [0.25, 0.3) is 11.5 Å². The Kier molecular flexibility index (Phi) is 3.92. The Bertz CT molecular complexity index is 702. The predicted molar refractivity (Wildman–Crippen MR) is 78.2 cm³/mol. The lowest BCUT2D eigenvalue weighted by Gasteiger charge is -2.21. The van der Waals surface area contributed by atoms with E-state index in [1.807, 2.05) is 6.92 Å². The van der Waals surface area contributed by atoms with Gasteiger partial charge in [-0.2, -0.15) is 0 Å². The van der Waals surface area contributed by atoms with Crippen molar-refractivity contribution in [3.05, 3.63) is 27.1 Å². The van der Waals surface area contributed by atoms with E-state index in [9.17, 15) is 14.7 Å². The van der Waals surface area contributed by atoms with E-state index in [4.69, 9.17) is 0 Å². The summed E-state index contributed by atoms with van der Waals surface area (Å²) in [7, 11) is 0. The molecule has 20 heavy (non-hydrogen) atoms. The van der Waals surface area contributed by atoms with Crippen LogP contribution in [0.15, 0.2) is 11.1 Å². The molecule has 0 aliphatic carbocycles.